The third kappa shape index (κ3) is 3.54. The first kappa shape index (κ1) is 17.1. The van der Waals surface area contributed by atoms with E-state index in [1.54, 1.807) is 0 Å². The number of aromatic nitrogens is 1. The number of carbonyl (C=O) groups is 1. The van der Waals surface area contributed by atoms with Crippen molar-refractivity contribution in [3.05, 3.63) is 23.0 Å². The van der Waals surface area contributed by atoms with E-state index in [-0.39, 0.29) is 5.91 Å². The van der Waals surface area contributed by atoms with Crippen LogP contribution in [-0.2, 0) is 0 Å². The lowest BCUT2D eigenvalue weighted by Gasteiger charge is -2.32. The molecule has 0 saturated carbocycles. The van der Waals surface area contributed by atoms with Gasteiger partial charge in [-0.2, -0.15) is 0 Å². The molecule has 2 heterocycles. The van der Waals surface area contributed by atoms with Crippen LogP contribution in [0.5, 0.6) is 0 Å². The van der Waals surface area contributed by atoms with Crippen molar-refractivity contribution in [3.63, 3.8) is 0 Å². The van der Waals surface area contributed by atoms with Crippen molar-refractivity contribution in [2.75, 3.05) is 26.7 Å². The van der Waals surface area contributed by atoms with Crippen LogP contribution in [-0.4, -0.2) is 42.1 Å². The average Bonchev–Trinajstić information content (AvgIpc) is 2.79. The summed E-state index contributed by atoms with van der Waals surface area (Å²) in [6, 6.07) is 2.46. The molecular weight excluding hydrogens is 274 g/mol. The highest BCUT2D eigenvalue weighted by Crippen LogP contribution is 2.25. The average molecular weight is 305 g/mol. The van der Waals surface area contributed by atoms with Crippen LogP contribution in [0.3, 0.4) is 0 Å². The van der Waals surface area contributed by atoms with Crippen molar-refractivity contribution in [1.82, 2.24) is 14.8 Å². The van der Waals surface area contributed by atoms with E-state index in [0.29, 0.717) is 6.04 Å². The van der Waals surface area contributed by atoms with Crippen LogP contribution in [0, 0.1) is 19.8 Å². The Balaban J connectivity index is 2.03. The highest BCUT2D eigenvalue weighted by Gasteiger charge is 2.26. The van der Waals surface area contributed by atoms with Crippen LogP contribution in [0.2, 0.25) is 0 Å². The molecule has 1 amide bonds. The Hall–Kier alpha value is -1.29. The number of carbonyl (C=O) groups excluding carboxylic acids is 1. The van der Waals surface area contributed by atoms with E-state index in [2.05, 4.69) is 43.6 Å². The molecule has 1 aromatic heterocycles. The molecule has 0 spiro atoms. The summed E-state index contributed by atoms with van der Waals surface area (Å²) in [6.45, 7) is 11.4. The van der Waals surface area contributed by atoms with Gasteiger partial charge in [-0.3, -0.25) is 4.79 Å². The van der Waals surface area contributed by atoms with Crippen LogP contribution in [0.1, 0.15) is 60.9 Å². The number of likely N-dealkylation sites (tertiary alicyclic amines) is 1. The second kappa shape index (κ2) is 7.32. The van der Waals surface area contributed by atoms with Gasteiger partial charge >= 0.3 is 0 Å². The van der Waals surface area contributed by atoms with E-state index in [1.807, 2.05) is 11.9 Å². The molecule has 0 unspecified atom stereocenters. The zero-order chi connectivity index (χ0) is 16.3. The number of nitrogens with zero attached hydrogens (tertiary/aromatic N) is 2. The number of hydrogen-bond donors (Lipinski definition) is 1. The molecule has 4 nitrogen and oxygen atoms in total. The van der Waals surface area contributed by atoms with Gasteiger partial charge in [0.25, 0.3) is 5.91 Å². The second-order valence-electron chi connectivity index (χ2n) is 6.88. The Labute approximate surface area is 134 Å². The molecule has 0 aliphatic carbocycles. The topological polar surface area (TPSA) is 37.3 Å². The highest BCUT2D eigenvalue weighted by molar-refractivity contribution is 5.95. The molecule has 1 N–H and O–H groups in total. The van der Waals surface area contributed by atoms with Gasteiger partial charge < -0.3 is 14.8 Å². The number of aryl methyl sites for hydroxylation is 1. The van der Waals surface area contributed by atoms with Gasteiger partial charge in [-0.25, -0.2) is 0 Å². The van der Waals surface area contributed by atoms with E-state index in [9.17, 15) is 4.79 Å². The summed E-state index contributed by atoms with van der Waals surface area (Å²) in [5.41, 5.74) is 3.18. The van der Waals surface area contributed by atoms with E-state index >= 15 is 0 Å². The number of hydrogen-bond acceptors (Lipinski definition) is 2. The van der Waals surface area contributed by atoms with Crippen molar-refractivity contribution in [3.8, 4) is 0 Å². The molecule has 124 valence electrons. The normalized spacial score (nSPS) is 16.5. The Kier molecular flexibility index (Phi) is 5.68. The number of amides is 1. The maximum atomic E-state index is 12.8. The standard InChI is InChI=1S/C18H31N3O/c1-13(2)21-14(3)12-17(15(21)4)18(22)20-10-7-16(8-11-20)6-9-19-5/h12-13,16,19H,6-11H2,1-5H3. The van der Waals surface area contributed by atoms with Crippen molar-refractivity contribution in [2.45, 2.75) is 53.0 Å². The monoisotopic (exact) mass is 305 g/mol. The van der Waals surface area contributed by atoms with Crippen LogP contribution in [0.4, 0.5) is 0 Å². The molecule has 0 atom stereocenters. The highest BCUT2D eigenvalue weighted by atomic mass is 16.2. The van der Waals surface area contributed by atoms with Gasteiger partial charge in [0.1, 0.15) is 0 Å². The quantitative estimate of drug-likeness (QED) is 0.907. The van der Waals surface area contributed by atoms with Gasteiger partial charge in [0.05, 0.1) is 5.56 Å². The van der Waals surface area contributed by atoms with Gasteiger partial charge in [-0.05, 0) is 72.5 Å². The molecule has 0 aromatic carbocycles. The van der Waals surface area contributed by atoms with Crippen LogP contribution >= 0.6 is 0 Å². The lowest BCUT2D eigenvalue weighted by Crippen LogP contribution is -2.39. The fraction of sp³-hybridized carbons (Fsp3) is 0.722. The minimum absolute atomic E-state index is 0.215. The van der Waals surface area contributed by atoms with Gasteiger partial charge in [0.15, 0.2) is 0 Å². The van der Waals surface area contributed by atoms with Crippen molar-refractivity contribution in [2.24, 2.45) is 5.92 Å². The largest absolute Gasteiger partial charge is 0.346 e. The fourth-order valence-electron chi connectivity index (χ4n) is 3.73. The molecule has 1 saturated heterocycles. The van der Waals surface area contributed by atoms with E-state index in [4.69, 9.17) is 0 Å². The minimum Gasteiger partial charge on any atom is -0.346 e. The third-order valence-electron chi connectivity index (χ3n) is 4.94. The molecule has 1 fully saturated rings. The Morgan fingerprint density at radius 1 is 1.32 bits per heavy atom. The lowest BCUT2D eigenvalue weighted by molar-refractivity contribution is 0.0686. The molecule has 2 rings (SSSR count). The van der Waals surface area contributed by atoms with Gasteiger partial charge in [-0.1, -0.05) is 0 Å². The smallest absolute Gasteiger partial charge is 0.255 e. The number of piperidine rings is 1. The van der Waals surface area contributed by atoms with Crippen LogP contribution in [0.25, 0.3) is 0 Å². The fourth-order valence-corrected chi connectivity index (χ4v) is 3.73. The maximum Gasteiger partial charge on any atom is 0.255 e. The summed E-state index contributed by atoms with van der Waals surface area (Å²) >= 11 is 0. The predicted molar refractivity (Wildman–Crippen MR) is 91.5 cm³/mol. The van der Waals surface area contributed by atoms with Gasteiger partial charge in [0.2, 0.25) is 0 Å². The number of nitrogens with one attached hydrogen (secondary N) is 1. The summed E-state index contributed by atoms with van der Waals surface area (Å²) < 4.78 is 2.26. The SMILES string of the molecule is CNCCC1CCN(C(=O)c2cc(C)n(C(C)C)c2C)CC1. The minimum atomic E-state index is 0.215. The zero-order valence-electron chi connectivity index (χ0n) is 14.8. The maximum absolute atomic E-state index is 12.8. The molecule has 0 bridgehead atoms. The summed E-state index contributed by atoms with van der Waals surface area (Å²) in [5.74, 6) is 0.978. The Morgan fingerprint density at radius 2 is 1.95 bits per heavy atom. The van der Waals surface area contributed by atoms with Gasteiger partial charge in [0, 0.05) is 30.5 Å². The molecular formula is C18H31N3O. The molecule has 1 aromatic rings. The predicted octanol–water partition coefficient (Wildman–Crippen LogP) is 3.15. The summed E-state index contributed by atoms with van der Waals surface area (Å²) in [7, 11) is 2.00. The molecule has 4 heteroatoms. The first-order valence-corrected chi connectivity index (χ1v) is 8.58. The Bertz CT molecular complexity index is 511. The third-order valence-corrected chi connectivity index (χ3v) is 4.94. The van der Waals surface area contributed by atoms with E-state index in [0.717, 1.165) is 49.7 Å². The van der Waals surface area contributed by atoms with Gasteiger partial charge in [-0.15, -0.1) is 0 Å². The summed E-state index contributed by atoms with van der Waals surface area (Å²) in [5, 5.41) is 3.22. The molecule has 1 aliphatic rings. The first-order chi connectivity index (χ1) is 10.5. The first-order valence-electron chi connectivity index (χ1n) is 8.58. The summed E-state index contributed by atoms with van der Waals surface area (Å²) in [6.07, 6.45) is 3.49. The zero-order valence-corrected chi connectivity index (χ0v) is 14.8. The van der Waals surface area contributed by atoms with Crippen molar-refractivity contribution in [1.29, 1.82) is 0 Å². The van der Waals surface area contributed by atoms with E-state index in [1.165, 1.54) is 12.1 Å². The van der Waals surface area contributed by atoms with Crippen LogP contribution < -0.4 is 5.32 Å². The molecule has 0 radical (unpaired) electrons. The number of rotatable bonds is 5. The van der Waals surface area contributed by atoms with Crippen molar-refractivity contribution < 1.29 is 4.79 Å². The van der Waals surface area contributed by atoms with Crippen LogP contribution in [0.15, 0.2) is 6.07 Å². The second-order valence-corrected chi connectivity index (χ2v) is 6.88. The summed E-state index contributed by atoms with van der Waals surface area (Å²) in [4.78, 5) is 14.9. The molecule has 1 aliphatic heterocycles. The van der Waals surface area contributed by atoms with E-state index < -0.39 is 0 Å². The lowest BCUT2D eigenvalue weighted by atomic mass is 9.93. The van der Waals surface area contributed by atoms with Crippen molar-refractivity contribution >= 4 is 5.91 Å². The molecule has 22 heavy (non-hydrogen) atoms. The Morgan fingerprint density at radius 3 is 2.45 bits per heavy atom.